The molecular weight excluding hydrogens is 577 g/mol. The number of anilines is 2. The Bertz CT molecular complexity index is 1840. The summed E-state index contributed by atoms with van der Waals surface area (Å²) < 4.78 is 27.2. The number of carbonyl (C=O) groups excluding carboxylic acids is 1. The number of hydrogen-bond acceptors (Lipinski definition) is 9. The van der Waals surface area contributed by atoms with Crippen molar-refractivity contribution in [3.8, 4) is 11.5 Å². The molecule has 2 aromatic carbocycles. The molecule has 9 nitrogen and oxygen atoms in total. The van der Waals surface area contributed by atoms with Crippen LogP contribution in [-0.4, -0.2) is 57.5 Å². The van der Waals surface area contributed by atoms with Crippen LogP contribution in [-0.2, 0) is 11.3 Å². The Morgan fingerprint density at radius 2 is 1.71 bits per heavy atom. The molecule has 3 aliphatic rings. The van der Waals surface area contributed by atoms with Crippen LogP contribution < -0.4 is 24.8 Å². The number of rotatable bonds is 5. The first-order chi connectivity index (χ1) is 20.5. The monoisotopic (exact) mass is 601 g/mol. The molecule has 0 bridgehead atoms. The maximum absolute atomic E-state index is 14.4. The van der Waals surface area contributed by atoms with Crippen LogP contribution in [0.1, 0.15) is 11.1 Å². The number of thiocarbonyl (C=S) groups is 1. The molecule has 3 aliphatic heterocycles. The van der Waals surface area contributed by atoms with Crippen molar-refractivity contribution in [2.24, 2.45) is 0 Å². The number of amides is 1. The van der Waals surface area contributed by atoms with Gasteiger partial charge in [0.2, 0.25) is 6.79 Å². The molecule has 2 fully saturated rings. The van der Waals surface area contributed by atoms with Crippen LogP contribution in [0, 0.1) is 5.82 Å². The lowest BCUT2D eigenvalue weighted by Gasteiger charge is -2.37. The normalized spacial score (nSPS) is 17.6. The van der Waals surface area contributed by atoms with Crippen LogP contribution in [0.5, 0.6) is 11.5 Å². The minimum absolute atomic E-state index is 0.165. The minimum Gasteiger partial charge on any atom is -0.454 e. The molecule has 0 aliphatic carbocycles. The molecule has 12 heteroatoms. The van der Waals surface area contributed by atoms with Gasteiger partial charge in [0, 0.05) is 32.4 Å². The van der Waals surface area contributed by atoms with Gasteiger partial charge in [0.15, 0.2) is 11.5 Å². The van der Waals surface area contributed by atoms with Gasteiger partial charge in [0.1, 0.15) is 21.6 Å². The fraction of sp³-hybridized carbons (Fsp3) is 0.200. The molecule has 1 amide bonds. The molecule has 2 aromatic heterocycles. The Balaban J connectivity index is 1.20. The van der Waals surface area contributed by atoms with Gasteiger partial charge in [-0.1, -0.05) is 48.2 Å². The second-order valence-electron chi connectivity index (χ2n) is 9.96. The van der Waals surface area contributed by atoms with Crippen LogP contribution in [0.2, 0.25) is 0 Å². The first kappa shape index (κ1) is 26.5. The molecule has 4 aromatic rings. The number of hydrogen-bond donors (Lipinski definition) is 0. The minimum atomic E-state index is -0.284. The number of ether oxygens (including phenoxy) is 2. The van der Waals surface area contributed by atoms with Crippen molar-refractivity contribution in [2.45, 2.75) is 6.54 Å². The number of para-hydroxylation sites is 1. The van der Waals surface area contributed by atoms with E-state index in [1.807, 2.05) is 40.1 Å². The van der Waals surface area contributed by atoms with E-state index in [9.17, 15) is 14.0 Å². The Labute approximate surface area is 249 Å². The summed E-state index contributed by atoms with van der Waals surface area (Å²) in [7, 11) is 0. The molecule has 0 N–H and O–H groups in total. The van der Waals surface area contributed by atoms with E-state index in [4.69, 9.17) is 26.7 Å². The predicted octanol–water partition coefficient (Wildman–Crippen LogP) is 4.29. The highest BCUT2D eigenvalue weighted by atomic mass is 32.2. The van der Waals surface area contributed by atoms with Gasteiger partial charge in [-0.2, -0.15) is 0 Å². The molecule has 0 radical (unpaired) electrons. The molecular formula is C30H24FN5O4S2. The smallest absolute Gasteiger partial charge is 0.267 e. The first-order valence-corrected chi connectivity index (χ1v) is 14.6. The second kappa shape index (κ2) is 10.8. The third kappa shape index (κ3) is 4.76. The first-order valence-electron chi connectivity index (χ1n) is 13.4. The van der Waals surface area contributed by atoms with Crippen molar-refractivity contribution >= 4 is 57.4 Å². The molecule has 2 saturated heterocycles. The summed E-state index contributed by atoms with van der Waals surface area (Å²) in [6, 6.07) is 17.6. The molecule has 0 spiro atoms. The van der Waals surface area contributed by atoms with E-state index in [0.29, 0.717) is 69.6 Å². The van der Waals surface area contributed by atoms with Crippen molar-refractivity contribution in [2.75, 3.05) is 42.8 Å². The van der Waals surface area contributed by atoms with E-state index in [1.165, 1.54) is 15.4 Å². The van der Waals surface area contributed by atoms with E-state index in [0.717, 1.165) is 17.3 Å². The van der Waals surface area contributed by atoms with Gasteiger partial charge in [-0.3, -0.25) is 18.9 Å². The van der Waals surface area contributed by atoms with E-state index < -0.39 is 0 Å². The molecule has 0 atom stereocenters. The van der Waals surface area contributed by atoms with E-state index in [1.54, 1.807) is 36.5 Å². The van der Waals surface area contributed by atoms with Crippen molar-refractivity contribution in [1.29, 1.82) is 0 Å². The SMILES string of the molecule is O=C1/C(=C\c2c(N3CCN(c4ccccc4F)CC3)nc3ccccn3c2=O)SC(=S)N1Cc1ccc2c(c1)OCO2. The van der Waals surface area contributed by atoms with E-state index in [2.05, 4.69) is 0 Å². The topological polar surface area (TPSA) is 79.6 Å². The Morgan fingerprint density at radius 3 is 2.55 bits per heavy atom. The fourth-order valence-corrected chi connectivity index (χ4v) is 6.55. The molecule has 0 saturated carbocycles. The summed E-state index contributed by atoms with van der Waals surface area (Å²) in [5.74, 6) is 1.23. The number of piperazine rings is 1. The average Bonchev–Trinajstić information content (AvgIpc) is 3.58. The van der Waals surface area contributed by atoms with E-state index >= 15 is 0 Å². The van der Waals surface area contributed by atoms with Crippen molar-refractivity contribution in [3.05, 3.63) is 99.1 Å². The lowest BCUT2D eigenvalue weighted by atomic mass is 10.2. The van der Waals surface area contributed by atoms with E-state index in [-0.39, 0.29) is 30.6 Å². The number of aromatic nitrogens is 2. The summed E-state index contributed by atoms with van der Waals surface area (Å²) >= 11 is 6.73. The molecule has 7 rings (SSSR count). The number of fused-ring (bicyclic) bond motifs is 2. The summed E-state index contributed by atoms with van der Waals surface area (Å²) in [5, 5.41) is 0. The highest BCUT2D eigenvalue weighted by Crippen LogP contribution is 2.37. The van der Waals surface area contributed by atoms with Gasteiger partial charge in [-0.15, -0.1) is 0 Å². The van der Waals surface area contributed by atoms with Crippen LogP contribution in [0.15, 0.2) is 76.6 Å². The van der Waals surface area contributed by atoms with Gasteiger partial charge in [0.05, 0.1) is 22.7 Å². The summed E-state index contributed by atoms with van der Waals surface area (Å²) in [6.45, 7) is 2.57. The van der Waals surface area contributed by atoms with Gasteiger partial charge < -0.3 is 19.3 Å². The van der Waals surface area contributed by atoms with Crippen LogP contribution in [0.25, 0.3) is 11.7 Å². The van der Waals surface area contributed by atoms with Gasteiger partial charge in [-0.05, 0) is 48.0 Å². The Morgan fingerprint density at radius 1 is 0.952 bits per heavy atom. The lowest BCUT2D eigenvalue weighted by molar-refractivity contribution is -0.122. The van der Waals surface area contributed by atoms with Crippen molar-refractivity contribution in [1.82, 2.24) is 14.3 Å². The molecule has 0 unspecified atom stereocenters. The third-order valence-corrected chi connectivity index (χ3v) is 8.83. The van der Waals surface area contributed by atoms with Crippen LogP contribution in [0.4, 0.5) is 15.9 Å². The highest BCUT2D eigenvalue weighted by molar-refractivity contribution is 8.26. The molecule has 42 heavy (non-hydrogen) atoms. The number of benzene rings is 2. The Kier molecular flexibility index (Phi) is 6.79. The van der Waals surface area contributed by atoms with Gasteiger partial charge >= 0.3 is 0 Å². The zero-order valence-electron chi connectivity index (χ0n) is 22.2. The highest BCUT2D eigenvalue weighted by Gasteiger charge is 2.34. The van der Waals surface area contributed by atoms with Crippen molar-refractivity contribution < 1.29 is 18.7 Å². The zero-order chi connectivity index (χ0) is 28.8. The maximum atomic E-state index is 14.4. The third-order valence-electron chi connectivity index (χ3n) is 7.45. The van der Waals surface area contributed by atoms with Gasteiger partial charge in [-0.25, -0.2) is 9.37 Å². The number of nitrogens with zero attached hydrogens (tertiary/aromatic N) is 5. The molecule has 5 heterocycles. The lowest BCUT2D eigenvalue weighted by Crippen LogP contribution is -2.47. The quantitative estimate of drug-likeness (QED) is 0.246. The summed E-state index contributed by atoms with van der Waals surface area (Å²) in [4.78, 5) is 38.0. The summed E-state index contributed by atoms with van der Waals surface area (Å²) in [5.41, 5.74) is 1.92. The largest absolute Gasteiger partial charge is 0.454 e. The average molecular weight is 602 g/mol. The second-order valence-corrected chi connectivity index (χ2v) is 11.6. The number of halogens is 1. The standard InChI is InChI=1S/C30H24FN5O4S2/c31-21-5-1-2-6-22(21)33-11-13-34(14-12-33)27-20(28(37)35-10-4-3-7-26(35)32-27)16-25-29(38)36(30(41)42-25)17-19-8-9-23-24(15-19)40-18-39-23/h1-10,15-16H,11-14,17-18H2/b25-16+. The maximum Gasteiger partial charge on any atom is 0.267 e. The Hall–Kier alpha value is -4.42. The van der Waals surface area contributed by atoms with Gasteiger partial charge in [0.25, 0.3) is 11.5 Å². The number of pyridine rings is 1. The summed E-state index contributed by atoms with van der Waals surface area (Å²) in [6.07, 6.45) is 3.26. The van der Waals surface area contributed by atoms with Crippen molar-refractivity contribution in [3.63, 3.8) is 0 Å². The fourth-order valence-electron chi connectivity index (χ4n) is 5.32. The number of carbonyl (C=O) groups is 1. The van der Waals surface area contributed by atoms with Crippen LogP contribution in [0.3, 0.4) is 0 Å². The number of thioether (sulfide) groups is 1. The van der Waals surface area contributed by atoms with Crippen LogP contribution >= 0.6 is 24.0 Å². The predicted molar refractivity (Wildman–Crippen MR) is 164 cm³/mol. The zero-order valence-corrected chi connectivity index (χ0v) is 23.9. The molecule has 212 valence electrons.